The van der Waals surface area contributed by atoms with Gasteiger partial charge in [-0.25, -0.2) is 18.6 Å². The molecular weight excluding hydrogens is 342 g/mol. The van der Waals surface area contributed by atoms with Crippen molar-refractivity contribution in [1.82, 2.24) is 4.98 Å². The molecule has 0 fully saturated rings. The SMILES string of the molecule is COC(=O)c1cc(I)c(C(F)F)nc1Cl. The molecule has 0 saturated carbocycles. The van der Waals surface area contributed by atoms with E-state index in [2.05, 4.69) is 9.72 Å². The highest BCUT2D eigenvalue weighted by Crippen LogP contribution is 2.26. The monoisotopic (exact) mass is 347 g/mol. The molecule has 1 rings (SSSR count). The molecule has 0 amide bonds. The minimum absolute atomic E-state index is 0.0204. The van der Waals surface area contributed by atoms with Crippen LogP contribution in [0, 0.1) is 3.57 Å². The Morgan fingerprint density at radius 3 is 2.73 bits per heavy atom. The van der Waals surface area contributed by atoms with E-state index in [9.17, 15) is 13.6 Å². The van der Waals surface area contributed by atoms with Crippen LogP contribution in [0.15, 0.2) is 6.07 Å². The average molecular weight is 347 g/mol. The Balaban J connectivity index is 3.25. The van der Waals surface area contributed by atoms with Crippen molar-refractivity contribution >= 4 is 40.2 Å². The molecule has 1 aromatic rings. The van der Waals surface area contributed by atoms with Crippen molar-refractivity contribution < 1.29 is 18.3 Å². The van der Waals surface area contributed by atoms with E-state index in [-0.39, 0.29) is 14.3 Å². The second kappa shape index (κ2) is 5.02. The standard InChI is InChI=1S/C8H5ClF2INO2/c1-15-8(14)3-2-4(12)5(7(10)11)13-6(3)9/h2,7H,1H3. The molecule has 1 aromatic heterocycles. The van der Waals surface area contributed by atoms with E-state index >= 15 is 0 Å². The highest BCUT2D eigenvalue weighted by atomic mass is 127. The quantitative estimate of drug-likeness (QED) is 0.469. The molecule has 0 atom stereocenters. The number of halogens is 4. The number of carbonyl (C=O) groups is 1. The third kappa shape index (κ3) is 2.75. The zero-order valence-electron chi connectivity index (χ0n) is 7.43. The lowest BCUT2D eigenvalue weighted by molar-refractivity contribution is 0.0599. The van der Waals surface area contributed by atoms with E-state index in [1.807, 2.05) is 0 Å². The normalized spacial score (nSPS) is 10.5. The van der Waals surface area contributed by atoms with Crippen molar-refractivity contribution in [3.8, 4) is 0 Å². The molecular formula is C8H5ClF2INO2. The summed E-state index contributed by atoms with van der Waals surface area (Å²) in [5.41, 5.74) is -0.457. The van der Waals surface area contributed by atoms with Gasteiger partial charge < -0.3 is 4.74 Å². The Bertz CT molecular complexity index is 400. The Kier molecular flexibility index (Phi) is 4.21. The molecule has 7 heteroatoms. The fourth-order valence-electron chi connectivity index (χ4n) is 0.886. The van der Waals surface area contributed by atoms with Gasteiger partial charge in [0.25, 0.3) is 6.43 Å². The Hall–Kier alpha value is -0.500. The molecule has 0 aliphatic carbocycles. The highest BCUT2D eigenvalue weighted by Gasteiger charge is 2.20. The number of esters is 1. The van der Waals surface area contributed by atoms with Gasteiger partial charge in [-0.3, -0.25) is 0 Å². The molecule has 0 spiro atoms. The molecule has 0 aliphatic heterocycles. The fourth-order valence-corrected chi connectivity index (χ4v) is 1.78. The maximum Gasteiger partial charge on any atom is 0.341 e. The van der Waals surface area contributed by atoms with Gasteiger partial charge in [0.1, 0.15) is 10.8 Å². The van der Waals surface area contributed by atoms with Crippen LogP contribution in [0.25, 0.3) is 0 Å². The van der Waals surface area contributed by atoms with Gasteiger partial charge >= 0.3 is 5.97 Å². The molecule has 82 valence electrons. The van der Waals surface area contributed by atoms with Gasteiger partial charge in [-0.2, -0.15) is 0 Å². The topological polar surface area (TPSA) is 39.2 Å². The first-order valence-electron chi connectivity index (χ1n) is 3.69. The molecule has 0 radical (unpaired) electrons. The number of rotatable bonds is 2. The second-order valence-electron chi connectivity index (χ2n) is 2.49. The first kappa shape index (κ1) is 12.6. The van der Waals surface area contributed by atoms with E-state index in [4.69, 9.17) is 11.6 Å². The highest BCUT2D eigenvalue weighted by molar-refractivity contribution is 14.1. The van der Waals surface area contributed by atoms with Gasteiger partial charge in [-0.15, -0.1) is 0 Å². The average Bonchev–Trinajstić information content (AvgIpc) is 2.19. The summed E-state index contributed by atoms with van der Waals surface area (Å²) in [6.07, 6.45) is -2.72. The van der Waals surface area contributed by atoms with Crippen LogP contribution in [0.3, 0.4) is 0 Å². The second-order valence-corrected chi connectivity index (χ2v) is 4.01. The van der Waals surface area contributed by atoms with Gasteiger partial charge in [-0.1, -0.05) is 11.6 Å². The van der Waals surface area contributed by atoms with Gasteiger partial charge in [0.15, 0.2) is 0 Å². The first-order valence-corrected chi connectivity index (χ1v) is 5.15. The predicted molar refractivity (Wildman–Crippen MR) is 58.3 cm³/mol. The number of ether oxygens (including phenoxy) is 1. The van der Waals surface area contributed by atoms with Crippen LogP contribution in [0.4, 0.5) is 8.78 Å². The van der Waals surface area contributed by atoms with Crippen LogP contribution >= 0.6 is 34.2 Å². The fraction of sp³-hybridized carbons (Fsp3) is 0.250. The number of aromatic nitrogens is 1. The van der Waals surface area contributed by atoms with Crippen LogP contribution < -0.4 is 0 Å². The van der Waals surface area contributed by atoms with Gasteiger partial charge in [0.2, 0.25) is 0 Å². The van der Waals surface area contributed by atoms with Gasteiger partial charge in [0, 0.05) is 3.57 Å². The molecule has 0 bridgehead atoms. The van der Waals surface area contributed by atoms with Crippen LogP contribution in [0.1, 0.15) is 22.5 Å². The summed E-state index contributed by atoms with van der Waals surface area (Å²) in [5.74, 6) is -0.703. The Morgan fingerprint density at radius 2 is 2.27 bits per heavy atom. The molecule has 0 N–H and O–H groups in total. The van der Waals surface area contributed by atoms with Crippen molar-refractivity contribution in [3.63, 3.8) is 0 Å². The van der Waals surface area contributed by atoms with E-state index in [1.54, 1.807) is 22.6 Å². The van der Waals surface area contributed by atoms with E-state index in [0.29, 0.717) is 0 Å². The third-order valence-electron chi connectivity index (χ3n) is 1.57. The number of methoxy groups -OCH3 is 1. The van der Waals surface area contributed by atoms with Gasteiger partial charge in [-0.05, 0) is 28.7 Å². The maximum absolute atomic E-state index is 12.4. The van der Waals surface area contributed by atoms with E-state index in [0.717, 1.165) is 0 Å². The third-order valence-corrected chi connectivity index (χ3v) is 2.72. The molecule has 3 nitrogen and oxygen atoms in total. The molecule has 0 aliphatic rings. The summed E-state index contributed by atoms with van der Waals surface area (Å²) in [4.78, 5) is 14.6. The summed E-state index contributed by atoms with van der Waals surface area (Å²) in [5, 5.41) is -0.280. The minimum atomic E-state index is -2.72. The van der Waals surface area contributed by atoms with Crippen molar-refractivity contribution in [2.75, 3.05) is 7.11 Å². The van der Waals surface area contributed by atoms with Crippen LogP contribution in [-0.2, 0) is 4.74 Å². The molecule has 0 saturated heterocycles. The summed E-state index contributed by atoms with van der Waals surface area (Å²) >= 11 is 7.23. The number of carbonyl (C=O) groups excluding carboxylic acids is 1. The number of hydrogen-bond acceptors (Lipinski definition) is 3. The Morgan fingerprint density at radius 1 is 1.67 bits per heavy atom. The Labute approximate surface area is 103 Å². The van der Waals surface area contributed by atoms with Crippen LogP contribution in [0.2, 0.25) is 5.15 Å². The summed E-state index contributed by atoms with van der Waals surface area (Å²) in [6, 6.07) is 1.23. The zero-order chi connectivity index (χ0) is 11.6. The van der Waals surface area contributed by atoms with Crippen LogP contribution in [0.5, 0.6) is 0 Å². The lowest BCUT2D eigenvalue weighted by Crippen LogP contribution is -2.06. The molecule has 1 heterocycles. The lowest BCUT2D eigenvalue weighted by atomic mass is 10.2. The largest absolute Gasteiger partial charge is 0.465 e. The minimum Gasteiger partial charge on any atom is -0.465 e. The van der Waals surface area contributed by atoms with Gasteiger partial charge in [0.05, 0.1) is 12.7 Å². The van der Waals surface area contributed by atoms with E-state index < -0.39 is 18.1 Å². The van der Waals surface area contributed by atoms with E-state index in [1.165, 1.54) is 13.2 Å². The van der Waals surface area contributed by atoms with Crippen molar-refractivity contribution in [1.29, 1.82) is 0 Å². The lowest BCUT2D eigenvalue weighted by Gasteiger charge is -2.06. The summed E-state index contributed by atoms with van der Waals surface area (Å²) in [7, 11) is 1.17. The van der Waals surface area contributed by atoms with Crippen molar-refractivity contribution in [3.05, 3.63) is 26.0 Å². The predicted octanol–water partition coefficient (Wildman–Crippen LogP) is 3.06. The summed E-state index contributed by atoms with van der Waals surface area (Å²) < 4.78 is 29.4. The zero-order valence-corrected chi connectivity index (χ0v) is 10.3. The smallest absolute Gasteiger partial charge is 0.341 e. The molecule has 15 heavy (non-hydrogen) atoms. The number of alkyl halides is 2. The maximum atomic E-state index is 12.4. The molecule has 0 aromatic carbocycles. The summed E-state index contributed by atoms with van der Waals surface area (Å²) in [6.45, 7) is 0. The number of hydrogen-bond donors (Lipinski definition) is 0. The first-order chi connectivity index (χ1) is 6.97. The number of pyridine rings is 1. The van der Waals surface area contributed by atoms with Crippen LogP contribution in [-0.4, -0.2) is 18.1 Å². The molecule has 0 unspecified atom stereocenters. The number of nitrogens with zero attached hydrogens (tertiary/aromatic N) is 1. The van der Waals surface area contributed by atoms with Crippen molar-refractivity contribution in [2.24, 2.45) is 0 Å². The van der Waals surface area contributed by atoms with Crippen molar-refractivity contribution in [2.45, 2.75) is 6.43 Å².